The van der Waals surface area contributed by atoms with Crippen molar-refractivity contribution in [2.75, 3.05) is 27.3 Å². The topological polar surface area (TPSA) is 76.7 Å². The molecule has 7 heteroatoms. The molecule has 2 N–H and O–H groups in total. The SMILES string of the molecule is COc1ccc(S(=O)(=O)N[C@H]2CCNC2)c(OC)c1. The van der Waals surface area contributed by atoms with Gasteiger partial charge in [0.2, 0.25) is 10.0 Å². The first-order valence-electron chi connectivity index (χ1n) is 6.02. The summed E-state index contributed by atoms with van der Waals surface area (Å²) in [6.45, 7) is 1.48. The zero-order valence-electron chi connectivity index (χ0n) is 11.0. The average Bonchev–Trinajstić information content (AvgIpc) is 2.89. The van der Waals surface area contributed by atoms with Crippen molar-refractivity contribution in [1.29, 1.82) is 0 Å². The van der Waals surface area contributed by atoms with E-state index in [1.54, 1.807) is 12.1 Å². The summed E-state index contributed by atoms with van der Waals surface area (Å²) in [5, 5.41) is 3.12. The van der Waals surface area contributed by atoms with Crippen LogP contribution in [0.3, 0.4) is 0 Å². The van der Waals surface area contributed by atoms with Crippen LogP contribution < -0.4 is 19.5 Å². The first-order valence-corrected chi connectivity index (χ1v) is 7.50. The maximum atomic E-state index is 12.3. The molecular weight excluding hydrogens is 268 g/mol. The second-order valence-electron chi connectivity index (χ2n) is 4.33. The number of methoxy groups -OCH3 is 2. The van der Waals surface area contributed by atoms with Crippen LogP contribution in [0.5, 0.6) is 11.5 Å². The number of hydrogen-bond acceptors (Lipinski definition) is 5. The Morgan fingerprint density at radius 3 is 2.68 bits per heavy atom. The lowest BCUT2D eigenvalue weighted by atomic mass is 10.3. The summed E-state index contributed by atoms with van der Waals surface area (Å²) in [4.78, 5) is 0.127. The number of nitrogens with one attached hydrogen (secondary N) is 2. The molecule has 1 saturated heterocycles. The third-order valence-electron chi connectivity index (χ3n) is 3.04. The van der Waals surface area contributed by atoms with Gasteiger partial charge in [-0.1, -0.05) is 0 Å². The maximum absolute atomic E-state index is 12.3. The van der Waals surface area contributed by atoms with Gasteiger partial charge in [-0.2, -0.15) is 0 Å². The van der Waals surface area contributed by atoms with E-state index >= 15 is 0 Å². The summed E-state index contributed by atoms with van der Waals surface area (Å²) in [6, 6.07) is 4.57. The van der Waals surface area contributed by atoms with E-state index in [1.807, 2.05) is 0 Å². The van der Waals surface area contributed by atoms with E-state index in [-0.39, 0.29) is 16.7 Å². The van der Waals surface area contributed by atoms with Crippen molar-refractivity contribution in [2.45, 2.75) is 17.4 Å². The van der Waals surface area contributed by atoms with Gasteiger partial charge < -0.3 is 14.8 Å². The van der Waals surface area contributed by atoms with Crippen LogP contribution in [0.1, 0.15) is 6.42 Å². The van der Waals surface area contributed by atoms with Gasteiger partial charge in [0.05, 0.1) is 14.2 Å². The fourth-order valence-electron chi connectivity index (χ4n) is 2.04. The molecule has 19 heavy (non-hydrogen) atoms. The first kappa shape index (κ1) is 14.1. The van der Waals surface area contributed by atoms with E-state index < -0.39 is 10.0 Å². The van der Waals surface area contributed by atoms with Crippen LogP contribution in [0.25, 0.3) is 0 Å². The molecule has 0 aromatic heterocycles. The van der Waals surface area contributed by atoms with Crippen molar-refractivity contribution in [1.82, 2.24) is 10.0 Å². The molecule has 6 nitrogen and oxygen atoms in total. The van der Waals surface area contributed by atoms with Gasteiger partial charge in [-0.15, -0.1) is 0 Å². The lowest BCUT2D eigenvalue weighted by molar-refractivity contribution is 0.385. The average molecular weight is 286 g/mol. The summed E-state index contributed by atoms with van der Waals surface area (Å²) in [6.07, 6.45) is 0.789. The second kappa shape index (κ2) is 5.77. The molecule has 1 atom stereocenters. The Bertz CT molecular complexity index is 539. The van der Waals surface area contributed by atoms with E-state index in [2.05, 4.69) is 10.0 Å². The summed E-state index contributed by atoms with van der Waals surface area (Å²) >= 11 is 0. The minimum atomic E-state index is -3.58. The fourth-order valence-corrected chi connectivity index (χ4v) is 3.46. The molecule has 0 saturated carbocycles. The quantitative estimate of drug-likeness (QED) is 0.816. The standard InChI is InChI=1S/C12H18N2O4S/c1-17-10-3-4-12(11(7-10)18-2)19(15,16)14-9-5-6-13-8-9/h3-4,7,9,13-14H,5-6,8H2,1-2H3/t9-/m0/s1. The van der Waals surface area contributed by atoms with E-state index in [0.717, 1.165) is 13.0 Å². The van der Waals surface area contributed by atoms with Crippen LogP contribution in [0, 0.1) is 0 Å². The highest BCUT2D eigenvalue weighted by Crippen LogP contribution is 2.28. The predicted octanol–water partition coefficient (Wildman–Crippen LogP) is 0.344. The molecule has 0 unspecified atom stereocenters. The van der Waals surface area contributed by atoms with Crippen LogP contribution in [0.15, 0.2) is 23.1 Å². The Labute approximate surface area is 113 Å². The molecule has 1 fully saturated rings. The smallest absolute Gasteiger partial charge is 0.244 e. The molecule has 0 radical (unpaired) electrons. The second-order valence-corrected chi connectivity index (χ2v) is 6.01. The van der Waals surface area contributed by atoms with E-state index in [9.17, 15) is 8.42 Å². The highest BCUT2D eigenvalue weighted by molar-refractivity contribution is 7.89. The van der Waals surface area contributed by atoms with E-state index in [4.69, 9.17) is 9.47 Å². The molecule has 1 heterocycles. The Balaban J connectivity index is 2.28. The summed E-state index contributed by atoms with van der Waals surface area (Å²) in [5.74, 6) is 0.830. The van der Waals surface area contributed by atoms with Crippen molar-refractivity contribution in [3.63, 3.8) is 0 Å². The summed E-state index contributed by atoms with van der Waals surface area (Å²) in [5.41, 5.74) is 0. The van der Waals surface area contributed by atoms with Gasteiger partial charge in [-0.3, -0.25) is 0 Å². The molecule has 0 aliphatic carbocycles. The number of hydrogen-bond donors (Lipinski definition) is 2. The zero-order chi connectivity index (χ0) is 13.9. The van der Waals surface area contributed by atoms with Gasteiger partial charge >= 0.3 is 0 Å². The normalized spacial score (nSPS) is 19.4. The third-order valence-corrected chi connectivity index (χ3v) is 4.60. The molecule has 0 spiro atoms. The molecule has 2 rings (SSSR count). The number of benzene rings is 1. The van der Waals surface area contributed by atoms with Crippen molar-refractivity contribution >= 4 is 10.0 Å². The molecule has 0 amide bonds. The maximum Gasteiger partial charge on any atom is 0.244 e. The van der Waals surface area contributed by atoms with Crippen molar-refractivity contribution in [2.24, 2.45) is 0 Å². The fraction of sp³-hybridized carbons (Fsp3) is 0.500. The van der Waals surface area contributed by atoms with Crippen LogP contribution in [0.2, 0.25) is 0 Å². The van der Waals surface area contributed by atoms with Crippen molar-refractivity contribution in [3.8, 4) is 11.5 Å². The molecule has 1 aromatic carbocycles. The molecule has 1 aliphatic rings. The monoisotopic (exact) mass is 286 g/mol. The van der Waals surface area contributed by atoms with Crippen molar-refractivity contribution < 1.29 is 17.9 Å². The van der Waals surface area contributed by atoms with Crippen LogP contribution in [-0.4, -0.2) is 41.8 Å². The first-order chi connectivity index (χ1) is 9.06. The van der Waals surface area contributed by atoms with Gasteiger partial charge in [0.15, 0.2) is 0 Å². The molecule has 1 aliphatic heterocycles. The lowest BCUT2D eigenvalue weighted by Crippen LogP contribution is -2.36. The van der Waals surface area contributed by atoms with Crippen LogP contribution in [0.4, 0.5) is 0 Å². The van der Waals surface area contributed by atoms with Gasteiger partial charge in [-0.25, -0.2) is 13.1 Å². The largest absolute Gasteiger partial charge is 0.497 e. The van der Waals surface area contributed by atoms with E-state index in [1.165, 1.54) is 20.3 Å². The minimum Gasteiger partial charge on any atom is -0.497 e. The predicted molar refractivity (Wildman–Crippen MR) is 71.1 cm³/mol. The van der Waals surface area contributed by atoms with Gasteiger partial charge in [-0.05, 0) is 25.1 Å². The Morgan fingerprint density at radius 1 is 1.32 bits per heavy atom. The number of ether oxygens (including phenoxy) is 2. The zero-order valence-corrected chi connectivity index (χ0v) is 11.8. The Morgan fingerprint density at radius 2 is 2.11 bits per heavy atom. The Hall–Kier alpha value is -1.31. The van der Waals surface area contributed by atoms with Gasteiger partial charge in [0, 0.05) is 18.7 Å². The molecular formula is C12H18N2O4S. The van der Waals surface area contributed by atoms with Gasteiger partial charge in [0.1, 0.15) is 16.4 Å². The van der Waals surface area contributed by atoms with Crippen LogP contribution in [-0.2, 0) is 10.0 Å². The minimum absolute atomic E-state index is 0.0724. The van der Waals surface area contributed by atoms with Crippen LogP contribution >= 0.6 is 0 Å². The van der Waals surface area contributed by atoms with E-state index in [0.29, 0.717) is 12.3 Å². The Kier molecular flexibility index (Phi) is 4.28. The lowest BCUT2D eigenvalue weighted by Gasteiger charge is -2.15. The molecule has 1 aromatic rings. The summed E-state index contributed by atoms with van der Waals surface area (Å²) in [7, 11) is -0.627. The summed E-state index contributed by atoms with van der Waals surface area (Å²) < 4.78 is 37.5. The number of rotatable bonds is 5. The molecule has 0 bridgehead atoms. The highest BCUT2D eigenvalue weighted by Gasteiger charge is 2.25. The molecule has 106 valence electrons. The number of sulfonamides is 1. The third kappa shape index (κ3) is 3.17. The van der Waals surface area contributed by atoms with Gasteiger partial charge in [0.25, 0.3) is 0 Å². The highest BCUT2D eigenvalue weighted by atomic mass is 32.2. The van der Waals surface area contributed by atoms with Crippen molar-refractivity contribution in [3.05, 3.63) is 18.2 Å².